The average molecular weight is 428 g/mol. The van der Waals surface area contributed by atoms with Crippen LogP contribution in [0.4, 0.5) is 5.13 Å². The molecular formula is C21H18ClN3OS2. The maximum Gasteiger partial charge on any atom is 0.234 e. The Morgan fingerprint density at radius 2 is 2.04 bits per heavy atom. The van der Waals surface area contributed by atoms with Crippen molar-refractivity contribution < 1.29 is 4.79 Å². The Balaban J connectivity index is 1.71. The van der Waals surface area contributed by atoms with Crippen LogP contribution in [0.2, 0.25) is 4.34 Å². The second kappa shape index (κ2) is 7.99. The van der Waals surface area contributed by atoms with E-state index in [1.165, 1.54) is 16.9 Å². The molecule has 0 aliphatic carbocycles. The summed E-state index contributed by atoms with van der Waals surface area (Å²) in [4.78, 5) is 24.9. The first-order valence-electron chi connectivity index (χ1n) is 8.81. The maximum absolute atomic E-state index is 13.2. The van der Waals surface area contributed by atoms with E-state index in [2.05, 4.69) is 31.0 Å². The van der Waals surface area contributed by atoms with Gasteiger partial charge in [0, 0.05) is 17.3 Å². The minimum Gasteiger partial charge on any atom is -0.283 e. The summed E-state index contributed by atoms with van der Waals surface area (Å²) in [5.41, 5.74) is 4.23. The molecule has 1 amide bonds. The first kappa shape index (κ1) is 19.1. The third-order valence-corrected chi connectivity index (χ3v) is 6.62. The molecule has 0 unspecified atom stereocenters. The van der Waals surface area contributed by atoms with Crippen LogP contribution in [0.5, 0.6) is 0 Å². The molecule has 3 heterocycles. The Labute approximate surface area is 176 Å². The third-order valence-electron chi connectivity index (χ3n) is 4.37. The number of thiazole rings is 1. The lowest BCUT2D eigenvalue weighted by molar-refractivity contribution is -0.118. The highest BCUT2D eigenvalue weighted by atomic mass is 35.5. The molecule has 7 heteroatoms. The van der Waals surface area contributed by atoms with Crippen LogP contribution in [0.15, 0.2) is 48.8 Å². The molecule has 0 atom stereocenters. The summed E-state index contributed by atoms with van der Waals surface area (Å²) in [5.74, 6) is -0.00389. The summed E-state index contributed by atoms with van der Waals surface area (Å²) in [6, 6.07) is 11.8. The third kappa shape index (κ3) is 4.09. The van der Waals surface area contributed by atoms with Crippen LogP contribution in [0.25, 0.3) is 10.2 Å². The first-order valence-corrected chi connectivity index (χ1v) is 10.8. The van der Waals surface area contributed by atoms with Crippen LogP contribution >= 0.6 is 34.3 Å². The van der Waals surface area contributed by atoms with Gasteiger partial charge in [-0.3, -0.25) is 14.7 Å². The van der Waals surface area contributed by atoms with Gasteiger partial charge in [-0.25, -0.2) is 4.98 Å². The molecule has 0 aliphatic rings. The van der Waals surface area contributed by atoms with Crippen molar-refractivity contribution in [3.63, 3.8) is 0 Å². The van der Waals surface area contributed by atoms with Crippen LogP contribution in [-0.2, 0) is 17.8 Å². The number of carbonyl (C=O) groups is 1. The van der Waals surface area contributed by atoms with Crippen molar-refractivity contribution in [2.45, 2.75) is 26.8 Å². The van der Waals surface area contributed by atoms with Crippen LogP contribution in [-0.4, -0.2) is 15.9 Å². The van der Waals surface area contributed by atoms with Crippen molar-refractivity contribution in [1.82, 2.24) is 9.97 Å². The standard InChI is InChI=1S/C21H18ClN3OS2/c1-13-8-14(2)20-17(9-13)28-21(24-20)25(12-15-4-3-7-23-11-15)19(26)10-16-5-6-18(22)27-16/h3-9,11H,10,12H2,1-2H3. The Morgan fingerprint density at radius 1 is 1.18 bits per heavy atom. The molecule has 4 rings (SSSR count). The molecule has 0 N–H and O–H groups in total. The first-order chi connectivity index (χ1) is 13.5. The van der Waals surface area contributed by atoms with Crippen molar-refractivity contribution in [3.05, 3.63) is 74.7 Å². The van der Waals surface area contributed by atoms with E-state index in [1.807, 2.05) is 24.3 Å². The fraction of sp³-hybridized carbons (Fsp3) is 0.190. The average Bonchev–Trinajstić information content (AvgIpc) is 3.26. The fourth-order valence-corrected chi connectivity index (χ4v) is 5.34. The van der Waals surface area contributed by atoms with E-state index in [9.17, 15) is 4.79 Å². The zero-order valence-electron chi connectivity index (χ0n) is 15.5. The molecule has 142 valence electrons. The predicted octanol–water partition coefficient (Wildman–Crippen LogP) is 5.80. The molecule has 4 aromatic rings. The van der Waals surface area contributed by atoms with Crippen molar-refractivity contribution in [3.8, 4) is 0 Å². The molecular weight excluding hydrogens is 410 g/mol. The van der Waals surface area contributed by atoms with Crippen LogP contribution in [0, 0.1) is 13.8 Å². The highest BCUT2D eigenvalue weighted by Crippen LogP contribution is 2.33. The van der Waals surface area contributed by atoms with Gasteiger partial charge in [0.15, 0.2) is 5.13 Å². The van der Waals surface area contributed by atoms with Crippen LogP contribution < -0.4 is 4.90 Å². The number of hydrogen-bond acceptors (Lipinski definition) is 5. The number of hydrogen-bond donors (Lipinski definition) is 0. The molecule has 3 aromatic heterocycles. The summed E-state index contributed by atoms with van der Waals surface area (Å²) in [7, 11) is 0. The lowest BCUT2D eigenvalue weighted by atomic mass is 10.1. The largest absolute Gasteiger partial charge is 0.283 e. The topological polar surface area (TPSA) is 46.1 Å². The van der Waals surface area contributed by atoms with Gasteiger partial charge in [0.25, 0.3) is 0 Å². The molecule has 0 fully saturated rings. The number of benzene rings is 1. The highest BCUT2D eigenvalue weighted by molar-refractivity contribution is 7.22. The Bertz CT molecular complexity index is 1140. The van der Waals surface area contributed by atoms with Gasteiger partial charge in [-0.1, -0.05) is 35.1 Å². The second-order valence-corrected chi connectivity index (χ2v) is 9.46. The number of carbonyl (C=O) groups excluding carboxylic acids is 1. The number of rotatable bonds is 5. The number of amides is 1. The summed E-state index contributed by atoms with van der Waals surface area (Å²) in [6.07, 6.45) is 3.81. The van der Waals surface area contributed by atoms with Crippen LogP contribution in [0.1, 0.15) is 21.6 Å². The molecule has 0 saturated carbocycles. The monoisotopic (exact) mass is 427 g/mol. The molecule has 4 nitrogen and oxygen atoms in total. The quantitative estimate of drug-likeness (QED) is 0.404. The normalized spacial score (nSPS) is 11.1. The molecule has 0 bridgehead atoms. The number of aromatic nitrogens is 2. The number of pyridine rings is 1. The van der Waals surface area contributed by atoms with Gasteiger partial charge in [0.1, 0.15) is 0 Å². The van der Waals surface area contributed by atoms with Gasteiger partial charge in [0.05, 0.1) is 27.5 Å². The zero-order valence-corrected chi connectivity index (χ0v) is 17.9. The lowest BCUT2D eigenvalue weighted by Crippen LogP contribution is -2.31. The van der Waals surface area contributed by atoms with E-state index in [-0.39, 0.29) is 5.91 Å². The second-order valence-electron chi connectivity index (χ2n) is 6.65. The maximum atomic E-state index is 13.2. The summed E-state index contributed by atoms with van der Waals surface area (Å²) in [6.45, 7) is 4.56. The number of anilines is 1. The predicted molar refractivity (Wildman–Crippen MR) is 118 cm³/mol. The van der Waals surface area contributed by atoms with E-state index in [1.54, 1.807) is 28.6 Å². The molecule has 1 aromatic carbocycles. The molecule has 0 saturated heterocycles. The number of nitrogens with zero attached hydrogens (tertiary/aromatic N) is 3. The van der Waals surface area contributed by atoms with Gasteiger partial charge in [-0.05, 0) is 54.8 Å². The number of aryl methyl sites for hydroxylation is 2. The minimum absolute atomic E-state index is 0.00389. The minimum atomic E-state index is -0.00389. The summed E-state index contributed by atoms with van der Waals surface area (Å²) < 4.78 is 1.78. The fourth-order valence-electron chi connectivity index (χ4n) is 3.10. The highest BCUT2D eigenvalue weighted by Gasteiger charge is 2.22. The Hall–Kier alpha value is -2.28. The smallest absolute Gasteiger partial charge is 0.234 e. The summed E-state index contributed by atoms with van der Waals surface area (Å²) >= 11 is 9.01. The number of fused-ring (bicyclic) bond motifs is 1. The van der Waals surface area contributed by atoms with Crippen LogP contribution in [0.3, 0.4) is 0 Å². The zero-order chi connectivity index (χ0) is 19.7. The van der Waals surface area contributed by atoms with E-state index >= 15 is 0 Å². The van der Waals surface area contributed by atoms with Gasteiger partial charge in [0.2, 0.25) is 5.91 Å². The van der Waals surface area contributed by atoms with Crippen molar-refractivity contribution >= 4 is 55.5 Å². The van der Waals surface area contributed by atoms with Crippen molar-refractivity contribution in [1.29, 1.82) is 0 Å². The number of thiophene rings is 1. The SMILES string of the molecule is Cc1cc(C)c2nc(N(Cc3cccnc3)C(=O)Cc3ccc(Cl)s3)sc2c1. The molecule has 0 aliphatic heterocycles. The molecule has 0 spiro atoms. The van der Waals surface area contributed by atoms with E-state index < -0.39 is 0 Å². The Kier molecular flexibility index (Phi) is 5.44. The molecule has 0 radical (unpaired) electrons. The van der Waals surface area contributed by atoms with E-state index in [0.29, 0.717) is 22.4 Å². The molecule has 28 heavy (non-hydrogen) atoms. The van der Waals surface area contributed by atoms with E-state index in [0.717, 1.165) is 26.2 Å². The lowest BCUT2D eigenvalue weighted by Gasteiger charge is -2.19. The van der Waals surface area contributed by atoms with Gasteiger partial charge >= 0.3 is 0 Å². The van der Waals surface area contributed by atoms with Crippen molar-refractivity contribution in [2.75, 3.05) is 4.90 Å². The van der Waals surface area contributed by atoms with Crippen molar-refractivity contribution in [2.24, 2.45) is 0 Å². The van der Waals surface area contributed by atoms with Gasteiger partial charge < -0.3 is 0 Å². The van der Waals surface area contributed by atoms with Gasteiger partial charge in [-0.2, -0.15) is 0 Å². The Morgan fingerprint density at radius 3 is 2.75 bits per heavy atom. The number of halogens is 1. The summed E-state index contributed by atoms with van der Waals surface area (Å²) in [5, 5.41) is 0.709. The van der Waals surface area contributed by atoms with Gasteiger partial charge in [-0.15, -0.1) is 11.3 Å². The van der Waals surface area contributed by atoms with E-state index in [4.69, 9.17) is 16.6 Å².